The van der Waals surface area contributed by atoms with E-state index >= 15 is 0 Å². The number of aryl methyl sites for hydroxylation is 2. The maximum absolute atomic E-state index is 11.1. The minimum atomic E-state index is -0.842. The number of β-amino-alcohol motifs (C(OH)–C–C–N with tert-alkyl or cyclic N) is 1. The number of rotatable bonds is 4. The molecule has 1 aromatic carbocycles. The Bertz CT molecular complexity index is 891. The van der Waals surface area contributed by atoms with Crippen LogP contribution in [-0.2, 0) is 19.1 Å². The Kier molecular flexibility index (Phi) is 3.92. The number of aliphatic hydroxyl groups is 1. The van der Waals surface area contributed by atoms with E-state index < -0.39 is 5.60 Å². The van der Waals surface area contributed by atoms with Crippen LogP contribution in [0.15, 0.2) is 36.5 Å². The van der Waals surface area contributed by atoms with Crippen molar-refractivity contribution in [1.82, 2.24) is 19.7 Å². The third kappa shape index (κ3) is 2.76. The summed E-state index contributed by atoms with van der Waals surface area (Å²) in [4.78, 5) is 11.6. The third-order valence-corrected chi connectivity index (χ3v) is 4.95. The van der Waals surface area contributed by atoms with Crippen molar-refractivity contribution in [2.24, 2.45) is 7.05 Å². The first-order valence-corrected chi connectivity index (χ1v) is 8.82. The van der Waals surface area contributed by atoms with Crippen LogP contribution < -0.4 is 4.90 Å². The number of aromatic nitrogens is 4. The van der Waals surface area contributed by atoms with E-state index in [-0.39, 0.29) is 0 Å². The van der Waals surface area contributed by atoms with Crippen molar-refractivity contribution in [3.8, 4) is 0 Å². The molecule has 25 heavy (non-hydrogen) atoms. The van der Waals surface area contributed by atoms with Crippen LogP contribution >= 0.6 is 0 Å². The van der Waals surface area contributed by atoms with E-state index in [1.807, 2.05) is 43.6 Å². The summed E-state index contributed by atoms with van der Waals surface area (Å²) in [5, 5.41) is 16.4. The van der Waals surface area contributed by atoms with Crippen molar-refractivity contribution in [2.75, 3.05) is 18.0 Å². The molecular formula is C19H23N5O. The number of benzene rings is 1. The molecule has 0 spiro atoms. The Morgan fingerprint density at radius 3 is 2.76 bits per heavy atom. The molecule has 1 saturated heterocycles. The quantitative estimate of drug-likeness (QED) is 0.792. The van der Waals surface area contributed by atoms with Gasteiger partial charge in [-0.15, -0.1) is 0 Å². The molecule has 4 rings (SSSR count). The van der Waals surface area contributed by atoms with Crippen molar-refractivity contribution in [3.63, 3.8) is 0 Å². The molecule has 3 aromatic rings. The average molecular weight is 337 g/mol. The van der Waals surface area contributed by atoms with Gasteiger partial charge in [0.1, 0.15) is 17.2 Å². The topological polar surface area (TPSA) is 67.1 Å². The standard InChI is InChI=1S/C19H23N5O/c1-3-7-16-21-17-15(12-20-23(17)2)18(22-16)24-11-10-19(25,13-24)14-8-5-4-6-9-14/h4-6,8-9,12,25H,3,7,10-11,13H2,1-2H3/t19-/m0/s1. The highest BCUT2D eigenvalue weighted by atomic mass is 16.3. The predicted octanol–water partition coefficient (Wildman–Crippen LogP) is 2.41. The number of fused-ring (bicyclic) bond motifs is 1. The van der Waals surface area contributed by atoms with Crippen molar-refractivity contribution in [3.05, 3.63) is 47.9 Å². The summed E-state index contributed by atoms with van der Waals surface area (Å²) in [6.07, 6.45) is 4.34. The largest absolute Gasteiger partial charge is 0.383 e. The van der Waals surface area contributed by atoms with E-state index in [1.165, 1.54) is 0 Å². The maximum atomic E-state index is 11.1. The van der Waals surface area contributed by atoms with Crippen LogP contribution in [0.4, 0.5) is 5.82 Å². The lowest BCUT2D eigenvalue weighted by Crippen LogP contribution is -2.31. The highest BCUT2D eigenvalue weighted by Gasteiger charge is 2.38. The van der Waals surface area contributed by atoms with Gasteiger partial charge in [-0.05, 0) is 18.4 Å². The van der Waals surface area contributed by atoms with Gasteiger partial charge in [-0.25, -0.2) is 9.97 Å². The maximum Gasteiger partial charge on any atom is 0.163 e. The van der Waals surface area contributed by atoms with E-state index in [4.69, 9.17) is 4.98 Å². The van der Waals surface area contributed by atoms with Gasteiger partial charge in [0.25, 0.3) is 0 Å². The Labute approximate surface area is 147 Å². The molecule has 0 amide bonds. The molecule has 6 nitrogen and oxygen atoms in total. The highest BCUT2D eigenvalue weighted by molar-refractivity contribution is 5.87. The second kappa shape index (κ2) is 6.11. The molecule has 1 aliphatic heterocycles. The second-order valence-corrected chi connectivity index (χ2v) is 6.79. The summed E-state index contributed by atoms with van der Waals surface area (Å²) < 4.78 is 1.79. The number of hydrogen-bond donors (Lipinski definition) is 1. The minimum Gasteiger partial charge on any atom is -0.383 e. The lowest BCUT2D eigenvalue weighted by atomic mass is 9.93. The fraction of sp³-hybridized carbons (Fsp3) is 0.421. The normalized spacial score (nSPS) is 20.5. The zero-order valence-corrected chi connectivity index (χ0v) is 14.7. The average Bonchev–Trinajstić information content (AvgIpc) is 3.20. The van der Waals surface area contributed by atoms with Crippen LogP contribution in [0.25, 0.3) is 11.0 Å². The zero-order valence-electron chi connectivity index (χ0n) is 14.7. The van der Waals surface area contributed by atoms with Gasteiger partial charge in [-0.2, -0.15) is 5.10 Å². The van der Waals surface area contributed by atoms with Crippen molar-refractivity contribution < 1.29 is 5.11 Å². The van der Waals surface area contributed by atoms with Gasteiger partial charge in [-0.3, -0.25) is 4.68 Å². The molecule has 0 bridgehead atoms. The summed E-state index contributed by atoms with van der Waals surface area (Å²) in [6, 6.07) is 9.90. The first-order valence-electron chi connectivity index (χ1n) is 8.82. The molecule has 1 N–H and O–H groups in total. The van der Waals surface area contributed by atoms with Gasteiger partial charge in [0.2, 0.25) is 0 Å². The Hall–Kier alpha value is -2.47. The fourth-order valence-electron chi connectivity index (χ4n) is 3.59. The van der Waals surface area contributed by atoms with Gasteiger partial charge in [0.05, 0.1) is 18.1 Å². The Morgan fingerprint density at radius 2 is 2.00 bits per heavy atom. The molecule has 130 valence electrons. The first kappa shape index (κ1) is 16.0. The molecule has 0 aliphatic carbocycles. The second-order valence-electron chi connectivity index (χ2n) is 6.79. The van der Waals surface area contributed by atoms with Crippen LogP contribution in [0, 0.1) is 0 Å². The molecule has 0 unspecified atom stereocenters. The zero-order chi connectivity index (χ0) is 17.4. The highest BCUT2D eigenvalue weighted by Crippen LogP contribution is 2.36. The van der Waals surface area contributed by atoms with Crippen LogP contribution in [0.2, 0.25) is 0 Å². The monoisotopic (exact) mass is 337 g/mol. The van der Waals surface area contributed by atoms with Gasteiger partial charge < -0.3 is 10.0 Å². The summed E-state index contributed by atoms with van der Waals surface area (Å²) in [6.45, 7) is 3.42. The summed E-state index contributed by atoms with van der Waals surface area (Å²) >= 11 is 0. The Balaban J connectivity index is 1.73. The summed E-state index contributed by atoms with van der Waals surface area (Å²) in [5.74, 6) is 1.72. The molecule has 0 saturated carbocycles. The van der Waals surface area contributed by atoms with Gasteiger partial charge in [0, 0.05) is 20.0 Å². The van der Waals surface area contributed by atoms with E-state index in [0.29, 0.717) is 13.0 Å². The molecular weight excluding hydrogens is 314 g/mol. The van der Waals surface area contributed by atoms with Crippen LogP contribution in [-0.4, -0.2) is 37.9 Å². The van der Waals surface area contributed by atoms with Crippen LogP contribution in [0.1, 0.15) is 31.2 Å². The predicted molar refractivity (Wildman–Crippen MR) is 97.5 cm³/mol. The van der Waals surface area contributed by atoms with Crippen molar-refractivity contribution >= 4 is 16.9 Å². The molecule has 1 fully saturated rings. The SMILES string of the molecule is CCCc1nc(N2CC[C@@](O)(c3ccccc3)C2)c2cnn(C)c2n1. The summed E-state index contributed by atoms with van der Waals surface area (Å²) in [5.41, 5.74) is 0.970. The number of hydrogen-bond acceptors (Lipinski definition) is 5. The van der Waals surface area contributed by atoms with Gasteiger partial charge >= 0.3 is 0 Å². The lowest BCUT2D eigenvalue weighted by molar-refractivity contribution is 0.0606. The minimum absolute atomic E-state index is 0.531. The van der Waals surface area contributed by atoms with Gasteiger partial charge in [0.15, 0.2) is 5.65 Å². The molecule has 2 aromatic heterocycles. The number of nitrogens with zero attached hydrogens (tertiary/aromatic N) is 5. The smallest absolute Gasteiger partial charge is 0.163 e. The van der Waals surface area contributed by atoms with Crippen molar-refractivity contribution in [2.45, 2.75) is 31.8 Å². The van der Waals surface area contributed by atoms with Crippen LogP contribution in [0.3, 0.4) is 0 Å². The number of anilines is 1. The Morgan fingerprint density at radius 1 is 1.20 bits per heavy atom. The molecule has 1 atom stereocenters. The van der Waals surface area contributed by atoms with E-state index in [9.17, 15) is 5.11 Å². The lowest BCUT2D eigenvalue weighted by Gasteiger charge is -2.24. The van der Waals surface area contributed by atoms with E-state index in [1.54, 1.807) is 4.68 Å². The van der Waals surface area contributed by atoms with Gasteiger partial charge in [-0.1, -0.05) is 37.3 Å². The molecule has 3 heterocycles. The third-order valence-electron chi connectivity index (χ3n) is 4.95. The van der Waals surface area contributed by atoms with Crippen LogP contribution in [0.5, 0.6) is 0 Å². The molecule has 6 heteroatoms. The summed E-state index contributed by atoms with van der Waals surface area (Å²) in [7, 11) is 1.90. The van der Waals surface area contributed by atoms with Crippen molar-refractivity contribution in [1.29, 1.82) is 0 Å². The van der Waals surface area contributed by atoms with E-state index in [0.717, 1.165) is 47.6 Å². The molecule has 1 aliphatic rings. The molecule has 0 radical (unpaired) electrons. The van der Waals surface area contributed by atoms with E-state index in [2.05, 4.69) is 21.9 Å². The fourth-order valence-corrected chi connectivity index (χ4v) is 3.59. The first-order chi connectivity index (χ1) is 12.1.